The number of carbonyl (C=O) groups excluding carboxylic acids is 2. The molecule has 0 bridgehead atoms. The Kier molecular flexibility index (Phi) is 8.46. The maximum atomic E-state index is 12.3. The highest BCUT2D eigenvalue weighted by atomic mass is 16.5. The van der Waals surface area contributed by atoms with E-state index in [2.05, 4.69) is 20.1 Å². The van der Waals surface area contributed by atoms with E-state index in [0.717, 1.165) is 25.1 Å². The number of methoxy groups -OCH3 is 2. The van der Waals surface area contributed by atoms with Crippen molar-refractivity contribution in [1.29, 1.82) is 0 Å². The molecule has 0 spiro atoms. The summed E-state index contributed by atoms with van der Waals surface area (Å²) in [5.41, 5.74) is 0.823. The molecule has 1 aromatic heterocycles. The van der Waals surface area contributed by atoms with E-state index >= 15 is 0 Å². The smallest absolute Gasteiger partial charge is 0.327 e. The Morgan fingerprint density at radius 2 is 2.04 bits per heavy atom. The first-order chi connectivity index (χ1) is 12.7. The Labute approximate surface area is 154 Å². The molecule has 2 heterocycles. The minimum atomic E-state index is -0.460. The average molecular weight is 364 g/mol. The van der Waals surface area contributed by atoms with Gasteiger partial charge >= 0.3 is 5.97 Å². The van der Waals surface area contributed by atoms with Crippen LogP contribution in [0.1, 0.15) is 18.0 Å². The Hall–Kier alpha value is -2.03. The van der Waals surface area contributed by atoms with E-state index in [1.165, 1.54) is 7.11 Å². The summed E-state index contributed by atoms with van der Waals surface area (Å²) in [6.45, 7) is 4.45. The zero-order chi connectivity index (χ0) is 18.8. The van der Waals surface area contributed by atoms with E-state index in [4.69, 9.17) is 9.47 Å². The van der Waals surface area contributed by atoms with Crippen LogP contribution in [0.2, 0.25) is 0 Å². The highest BCUT2D eigenvalue weighted by Gasteiger charge is 2.31. The SMILES string of the molecule is COCCCNC(=O)CN1CCN(C(C(=O)OC)c2cccnc2)CC1. The number of hydrogen-bond donors (Lipinski definition) is 1. The van der Waals surface area contributed by atoms with Gasteiger partial charge in [-0.3, -0.25) is 19.6 Å². The Bertz CT molecular complexity index is 562. The third kappa shape index (κ3) is 6.05. The lowest BCUT2D eigenvalue weighted by Crippen LogP contribution is -2.51. The van der Waals surface area contributed by atoms with Crippen LogP contribution in [0, 0.1) is 0 Å². The van der Waals surface area contributed by atoms with E-state index < -0.39 is 6.04 Å². The molecular weight excluding hydrogens is 336 g/mol. The summed E-state index contributed by atoms with van der Waals surface area (Å²) in [5.74, 6) is -0.270. The van der Waals surface area contributed by atoms with Crippen molar-refractivity contribution in [1.82, 2.24) is 20.1 Å². The number of nitrogens with one attached hydrogen (secondary N) is 1. The topological polar surface area (TPSA) is 84.0 Å². The van der Waals surface area contributed by atoms with Crippen molar-refractivity contribution in [3.63, 3.8) is 0 Å². The van der Waals surface area contributed by atoms with E-state index in [0.29, 0.717) is 32.8 Å². The van der Waals surface area contributed by atoms with Crippen molar-refractivity contribution in [2.75, 3.05) is 60.1 Å². The van der Waals surface area contributed by atoms with Crippen LogP contribution in [-0.4, -0.2) is 86.8 Å². The van der Waals surface area contributed by atoms with Crippen molar-refractivity contribution >= 4 is 11.9 Å². The summed E-state index contributed by atoms with van der Waals surface area (Å²) in [7, 11) is 3.05. The van der Waals surface area contributed by atoms with Gasteiger partial charge in [0.05, 0.1) is 13.7 Å². The number of aromatic nitrogens is 1. The fourth-order valence-electron chi connectivity index (χ4n) is 3.03. The van der Waals surface area contributed by atoms with Gasteiger partial charge in [-0.05, 0) is 18.1 Å². The zero-order valence-corrected chi connectivity index (χ0v) is 15.5. The van der Waals surface area contributed by atoms with Gasteiger partial charge < -0.3 is 14.8 Å². The molecule has 0 aromatic carbocycles. The zero-order valence-electron chi connectivity index (χ0n) is 15.5. The summed E-state index contributed by atoms with van der Waals surface area (Å²) in [5, 5.41) is 2.90. The van der Waals surface area contributed by atoms with Crippen LogP contribution < -0.4 is 5.32 Å². The molecule has 144 valence electrons. The van der Waals surface area contributed by atoms with Crippen LogP contribution in [0.15, 0.2) is 24.5 Å². The fourth-order valence-corrected chi connectivity index (χ4v) is 3.03. The molecule has 8 heteroatoms. The van der Waals surface area contributed by atoms with Gasteiger partial charge in [0.2, 0.25) is 5.91 Å². The minimum Gasteiger partial charge on any atom is -0.468 e. The largest absolute Gasteiger partial charge is 0.468 e. The lowest BCUT2D eigenvalue weighted by atomic mass is 10.1. The molecule has 8 nitrogen and oxygen atoms in total. The first kappa shape index (κ1) is 20.3. The lowest BCUT2D eigenvalue weighted by molar-refractivity contribution is -0.148. The fraction of sp³-hybridized carbons (Fsp3) is 0.611. The number of rotatable bonds is 9. The summed E-state index contributed by atoms with van der Waals surface area (Å²) in [6, 6.07) is 3.24. The Balaban J connectivity index is 1.84. The van der Waals surface area contributed by atoms with Crippen molar-refractivity contribution in [2.24, 2.45) is 0 Å². The standard InChI is InChI=1S/C18H28N4O4/c1-25-12-4-7-20-16(23)14-21-8-10-22(11-9-21)17(18(24)26-2)15-5-3-6-19-13-15/h3,5-6,13,17H,4,7-12,14H2,1-2H3,(H,20,23). The van der Waals surface area contributed by atoms with Gasteiger partial charge in [-0.15, -0.1) is 0 Å². The number of piperazine rings is 1. The highest BCUT2D eigenvalue weighted by Crippen LogP contribution is 2.22. The predicted molar refractivity (Wildman–Crippen MR) is 96.5 cm³/mol. The first-order valence-corrected chi connectivity index (χ1v) is 8.85. The molecule has 2 rings (SSSR count). The predicted octanol–water partition coefficient (Wildman–Crippen LogP) is 0.0660. The summed E-state index contributed by atoms with van der Waals surface area (Å²) < 4.78 is 9.94. The van der Waals surface area contributed by atoms with Crippen molar-refractivity contribution < 1.29 is 19.1 Å². The summed E-state index contributed by atoms with van der Waals surface area (Å²) in [6.07, 6.45) is 4.18. The van der Waals surface area contributed by atoms with Gasteiger partial charge in [-0.1, -0.05) is 6.07 Å². The van der Waals surface area contributed by atoms with Crippen LogP contribution in [0.25, 0.3) is 0 Å². The van der Waals surface area contributed by atoms with E-state index in [1.807, 2.05) is 12.1 Å². The molecule has 1 amide bonds. The summed E-state index contributed by atoms with van der Waals surface area (Å²) in [4.78, 5) is 32.5. The number of nitrogens with zero attached hydrogens (tertiary/aromatic N) is 3. The molecule has 1 atom stereocenters. The second-order valence-corrected chi connectivity index (χ2v) is 6.22. The quantitative estimate of drug-likeness (QED) is 0.490. The number of ether oxygens (including phenoxy) is 2. The number of hydrogen-bond acceptors (Lipinski definition) is 7. The molecule has 1 aliphatic heterocycles. The van der Waals surface area contributed by atoms with Crippen LogP contribution in [0.4, 0.5) is 0 Å². The molecule has 1 aliphatic rings. The number of pyridine rings is 1. The van der Waals surface area contributed by atoms with Crippen LogP contribution in [0.3, 0.4) is 0 Å². The molecule has 1 saturated heterocycles. The van der Waals surface area contributed by atoms with Crippen LogP contribution in [-0.2, 0) is 19.1 Å². The maximum Gasteiger partial charge on any atom is 0.327 e. The average Bonchev–Trinajstić information content (AvgIpc) is 2.67. The first-order valence-electron chi connectivity index (χ1n) is 8.85. The van der Waals surface area contributed by atoms with Crippen molar-refractivity contribution in [3.05, 3.63) is 30.1 Å². The van der Waals surface area contributed by atoms with Crippen LogP contribution >= 0.6 is 0 Å². The molecule has 26 heavy (non-hydrogen) atoms. The van der Waals surface area contributed by atoms with Crippen molar-refractivity contribution in [2.45, 2.75) is 12.5 Å². The number of esters is 1. The van der Waals surface area contributed by atoms with Gasteiger partial charge in [-0.25, -0.2) is 4.79 Å². The second kappa shape index (κ2) is 10.8. The molecular formula is C18H28N4O4. The van der Waals surface area contributed by atoms with E-state index in [-0.39, 0.29) is 11.9 Å². The minimum absolute atomic E-state index is 0.0198. The second-order valence-electron chi connectivity index (χ2n) is 6.22. The Morgan fingerprint density at radius 3 is 2.65 bits per heavy atom. The number of carbonyl (C=O) groups is 2. The molecule has 1 N–H and O–H groups in total. The normalized spacial score (nSPS) is 16.8. The maximum absolute atomic E-state index is 12.3. The molecule has 0 radical (unpaired) electrons. The van der Waals surface area contributed by atoms with Gasteiger partial charge in [0, 0.05) is 58.8 Å². The van der Waals surface area contributed by atoms with Crippen LogP contribution in [0.5, 0.6) is 0 Å². The van der Waals surface area contributed by atoms with E-state index in [9.17, 15) is 9.59 Å². The molecule has 1 fully saturated rings. The van der Waals surface area contributed by atoms with Crippen molar-refractivity contribution in [3.8, 4) is 0 Å². The molecule has 1 aromatic rings. The van der Waals surface area contributed by atoms with Gasteiger partial charge in [0.25, 0.3) is 0 Å². The monoisotopic (exact) mass is 364 g/mol. The van der Waals surface area contributed by atoms with Gasteiger partial charge in [0.15, 0.2) is 0 Å². The Morgan fingerprint density at radius 1 is 1.27 bits per heavy atom. The van der Waals surface area contributed by atoms with Gasteiger partial charge in [0.1, 0.15) is 6.04 Å². The molecule has 0 aliphatic carbocycles. The third-order valence-electron chi connectivity index (χ3n) is 4.41. The lowest BCUT2D eigenvalue weighted by Gasteiger charge is -2.37. The van der Waals surface area contributed by atoms with E-state index in [1.54, 1.807) is 19.5 Å². The van der Waals surface area contributed by atoms with Gasteiger partial charge in [-0.2, -0.15) is 0 Å². The molecule has 0 saturated carbocycles. The summed E-state index contributed by atoms with van der Waals surface area (Å²) >= 11 is 0. The highest BCUT2D eigenvalue weighted by molar-refractivity contribution is 5.78. The molecule has 1 unspecified atom stereocenters. The third-order valence-corrected chi connectivity index (χ3v) is 4.41. The number of amides is 1.